The van der Waals surface area contributed by atoms with Gasteiger partial charge in [-0.15, -0.1) is 0 Å². The lowest BCUT2D eigenvalue weighted by molar-refractivity contribution is -0.124. The van der Waals surface area contributed by atoms with Crippen LogP contribution >= 0.6 is 0 Å². The van der Waals surface area contributed by atoms with E-state index in [2.05, 4.69) is 29.8 Å². The molecule has 4 heteroatoms. The number of carbonyl (C=O) groups is 1. The van der Waals surface area contributed by atoms with Gasteiger partial charge in [0.05, 0.1) is 6.04 Å². The summed E-state index contributed by atoms with van der Waals surface area (Å²) in [4.78, 5) is 12.2. The minimum Gasteiger partial charge on any atom is -0.352 e. The molecular formula is C14H27N3O. The molecule has 1 saturated heterocycles. The van der Waals surface area contributed by atoms with Crippen molar-refractivity contribution in [3.05, 3.63) is 0 Å². The van der Waals surface area contributed by atoms with Gasteiger partial charge in [-0.2, -0.15) is 0 Å². The van der Waals surface area contributed by atoms with E-state index in [1.165, 1.54) is 25.7 Å². The number of hydrogen-bond donors (Lipinski definition) is 3. The molecule has 18 heavy (non-hydrogen) atoms. The first-order valence-electron chi connectivity index (χ1n) is 7.47. The van der Waals surface area contributed by atoms with Crippen molar-refractivity contribution in [1.29, 1.82) is 0 Å². The Balaban J connectivity index is 1.82. The molecule has 0 aromatic carbocycles. The summed E-state index contributed by atoms with van der Waals surface area (Å²) in [6.45, 7) is 5.99. The lowest BCUT2D eigenvalue weighted by Crippen LogP contribution is -2.60. The first-order valence-corrected chi connectivity index (χ1v) is 7.47. The van der Waals surface area contributed by atoms with Crippen LogP contribution in [0.1, 0.15) is 46.0 Å². The van der Waals surface area contributed by atoms with Gasteiger partial charge in [-0.25, -0.2) is 0 Å². The highest BCUT2D eigenvalue weighted by molar-refractivity contribution is 5.82. The highest BCUT2D eigenvalue weighted by Gasteiger charge is 2.29. The van der Waals surface area contributed by atoms with Crippen molar-refractivity contribution in [3.63, 3.8) is 0 Å². The van der Waals surface area contributed by atoms with E-state index in [4.69, 9.17) is 0 Å². The number of nitrogens with one attached hydrogen (secondary N) is 3. The molecule has 1 heterocycles. The smallest absolute Gasteiger partial charge is 0.238 e. The molecule has 0 bridgehead atoms. The Bertz CT molecular complexity index is 274. The SMILES string of the molecule is CCC1CCCCC1NC(=O)C1CNC(C)CN1. The van der Waals surface area contributed by atoms with Gasteiger partial charge in [0.25, 0.3) is 0 Å². The minimum atomic E-state index is -0.0550. The monoisotopic (exact) mass is 253 g/mol. The van der Waals surface area contributed by atoms with Gasteiger partial charge in [0.15, 0.2) is 0 Å². The molecule has 1 aliphatic carbocycles. The summed E-state index contributed by atoms with van der Waals surface area (Å²) < 4.78 is 0. The maximum absolute atomic E-state index is 12.2. The van der Waals surface area contributed by atoms with Crippen molar-refractivity contribution in [2.75, 3.05) is 13.1 Å². The summed E-state index contributed by atoms with van der Waals surface area (Å²) in [5, 5.41) is 9.93. The van der Waals surface area contributed by atoms with Crippen LogP contribution in [0.5, 0.6) is 0 Å². The van der Waals surface area contributed by atoms with Gasteiger partial charge in [-0.1, -0.05) is 26.2 Å². The molecule has 2 rings (SSSR count). The summed E-state index contributed by atoms with van der Waals surface area (Å²) in [6.07, 6.45) is 6.19. The zero-order valence-corrected chi connectivity index (χ0v) is 11.7. The van der Waals surface area contributed by atoms with Gasteiger partial charge < -0.3 is 16.0 Å². The highest BCUT2D eigenvalue weighted by Crippen LogP contribution is 2.26. The summed E-state index contributed by atoms with van der Waals surface area (Å²) in [5.74, 6) is 0.859. The Labute approximate surface area is 110 Å². The number of piperazine rings is 1. The topological polar surface area (TPSA) is 53.2 Å². The van der Waals surface area contributed by atoms with Crippen LogP contribution in [0.4, 0.5) is 0 Å². The summed E-state index contributed by atoms with van der Waals surface area (Å²) in [6, 6.07) is 0.810. The molecule has 4 nitrogen and oxygen atoms in total. The molecule has 4 unspecified atom stereocenters. The van der Waals surface area contributed by atoms with Gasteiger partial charge in [0.2, 0.25) is 5.91 Å². The van der Waals surface area contributed by atoms with E-state index in [0.717, 1.165) is 19.5 Å². The van der Waals surface area contributed by atoms with E-state index < -0.39 is 0 Å². The minimum absolute atomic E-state index is 0.0550. The van der Waals surface area contributed by atoms with Gasteiger partial charge >= 0.3 is 0 Å². The second kappa shape index (κ2) is 6.53. The van der Waals surface area contributed by atoms with Crippen molar-refractivity contribution >= 4 is 5.91 Å². The average molecular weight is 253 g/mol. The summed E-state index contributed by atoms with van der Waals surface area (Å²) in [5.41, 5.74) is 0. The zero-order valence-electron chi connectivity index (χ0n) is 11.7. The first kappa shape index (κ1) is 13.8. The molecule has 0 spiro atoms. The molecule has 3 N–H and O–H groups in total. The lowest BCUT2D eigenvalue weighted by atomic mass is 9.83. The Morgan fingerprint density at radius 3 is 2.67 bits per heavy atom. The third-order valence-corrected chi connectivity index (χ3v) is 4.42. The van der Waals surface area contributed by atoms with Gasteiger partial charge in [0, 0.05) is 25.2 Å². The van der Waals surface area contributed by atoms with Crippen molar-refractivity contribution < 1.29 is 4.79 Å². The molecule has 2 fully saturated rings. The fourth-order valence-electron chi connectivity index (χ4n) is 3.14. The fourth-order valence-corrected chi connectivity index (χ4v) is 3.14. The van der Waals surface area contributed by atoms with Crippen molar-refractivity contribution in [3.8, 4) is 0 Å². The maximum Gasteiger partial charge on any atom is 0.238 e. The second-order valence-electron chi connectivity index (χ2n) is 5.84. The largest absolute Gasteiger partial charge is 0.352 e. The average Bonchev–Trinajstić information content (AvgIpc) is 2.40. The quantitative estimate of drug-likeness (QED) is 0.704. The molecule has 1 saturated carbocycles. The number of carbonyl (C=O) groups excluding carboxylic acids is 1. The number of hydrogen-bond acceptors (Lipinski definition) is 3. The summed E-state index contributed by atoms with van der Waals surface area (Å²) in [7, 11) is 0. The maximum atomic E-state index is 12.2. The molecule has 1 amide bonds. The van der Waals surface area contributed by atoms with E-state index in [1.54, 1.807) is 0 Å². The first-order chi connectivity index (χ1) is 8.70. The Hall–Kier alpha value is -0.610. The fraction of sp³-hybridized carbons (Fsp3) is 0.929. The lowest BCUT2D eigenvalue weighted by Gasteiger charge is -2.34. The molecular weight excluding hydrogens is 226 g/mol. The standard InChI is InChI=1S/C14H27N3O/c1-3-11-6-4-5-7-12(11)17-14(18)13-9-15-10(2)8-16-13/h10-13,15-16H,3-9H2,1-2H3,(H,17,18). The Kier molecular flexibility index (Phi) is 5.01. The molecule has 0 radical (unpaired) electrons. The predicted octanol–water partition coefficient (Wildman–Crippen LogP) is 1.02. The van der Waals surface area contributed by atoms with Gasteiger partial charge in [0.1, 0.15) is 0 Å². The van der Waals surface area contributed by atoms with E-state index in [1.807, 2.05) is 0 Å². The van der Waals surface area contributed by atoms with E-state index in [-0.39, 0.29) is 11.9 Å². The normalized spacial score (nSPS) is 37.2. The van der Waals surface area contributed by atoms with Crippen LogP contribution in [0.15, 0.2) is 0 Å². The van der Waals surface area contributed by atoms with Crippen LogP contribution in [-0.4, -0.2) is 37.1 Å². The third kappa shape index (κ3) is 3.45. The van der Waals surface area contributed by atoms with Crippen LogP contribution in [0.2, 0.25) is 0 Å². The number of amides is 1. The molecule has 1 aliphatic heterocycles. The van der Waals surface area contributed by atoms with Crippen LogP contribution in [-0.2, 0) is 4.79 Å². The van der Waals surface area contributed by atoms with Crippen LogP contribution in [0.25, 0.3) is 0 Å². The predicted molar refractivity (Wildman–Crippen MR) is 73.4 cm³/mol. The van der Waals surface area contributed by atoms with Crippen LogP contribution < -0.4 is 16.0 Å². The van der Waals surface area contributed by atoms with Gasteiger partial charge in [-0.3, -0.25) is 4.79 Å². The molecule has 0 aromatic rings. The third-order valence-electron chi connectivity index (χ3n) is 4.42. The highest BCUT2D eigenvalue weighted by atomic mass is 16.2. The van der Waals surface area contributed by atoms with Crippen LogP contribution in [0, 0.1) is 5.92 Å². The van der Waals surface area contributed by atoms with Gasteiger partial charge in [-0.05, 0) is 25.7 Å². The summed E-state index contributed by atoms with van der Waals surface area (Å²) >= 11 is 0. The second-order valence-corrected chi connectivity index (χ2v) is 5.84. The molecule has 4 atom stereocenters. The number of rotatable bonds is 3. The van der Waals surface area contributed by atoms with E-state index in [0.29, 0.717) is 18.0 Å². The van der Waals surface area contributed by atoms with Crippen molar-refractivity contribution in [2.45, 2.75) is 64.1 Å². The van der Waals surface area contributed by atoms with E-state index >= 15 is 0 Å². The van der Waals surface area contributed by atoms with E-state index in [9.17, 15) is 4.79 Å². The molecule has 0 aromatic heterocycles. The molecule has 2 aliphatic rings. The van der Waals surface area contributed by atoms with Crippen molar-refractivity contribution in [2.24, 2.45) is 5.92 Å². The Morgan fingerprint density at radius 2 is 2.00 bits per heavy atom. The van der Waals surface area contributed by atoms with Crippen molar-refractivity contribution in [1.82, 2.24) is 16.0 Å². The Morgan fingerprint density at radius 1 is 1.22 bits per heavy atom. The zero-order chi connectivity index (χ0) is 13.0. The van der Waals surface area contributed by atoms with Crippen LogP contribution in [0.3, 0.4) is 0 Å². The molecule has 104 valence electrons.